The Morgan fingerprint density at radius 3 is 3.09 bits per heavy atom. The summed E-state index contributed by atoms with van der Waals surface area (Å²) < 4.78 is 2.12. The first kappa shape index (κ1) is 4.97. The molecular weight excluding hydrogens is 136 g/mol. The van der Waals surface area contributed by atoms with Crippen LogP contribution in [0.25, 0.3) is 16.6 Å². The number of benzene rings is 1. The van der Waals surface area contributed by atoms with Crippen LogP contribution >= 0.6 is 0 Å². The van der Waals surface area contributed by atoms with Crippen molar-refractivity contribution in [1.82, 2.24) is 4.57 Å². The van der Waals surface area contributed by atoms with Crippen LogP contribution in [0.4, 0.5) is 0 Å². The minimum Gasteiger partial charge on any atom is -0.312 e. The lowest BCUT2D eigenvalue weighted by Crippen LogP contribution is -1.87. The van der Waals surface area contributed by atoms with Crippen molar-refractivity contribution >= 4 is 10.9 Å². The van der Waals surface area contributed by atoms with Gasteiger partial charge in [0.05, 0.1) is 22.8 Å². The highest BCUT2D eigenvalue weighted by atomic mass is 15.1. The van der Waals surface area contributed by atoms with E-state index in [0.29, 0.717) is 0 Å². The quantitative estimate of drug-likeness (QED) is 0.468. The highest BCUT2D eigenvalue weighted by Gasteiger charge is 2.21. The Bertz CT molecular complexity index is 500. The van der Waals surface area contributed by atoms with Crippen LogP contribution < -0.4 is 0 Å². The predicted octanol–water partition coefficient (Wildman–Crippen LogP) is 1.82. The average Bonchev–Trinajstić information content (AvgIpc) is 2.74. The third-order valence-corrected chi connectivity index (χ3v) is 2.10. The zero-order valence-corrected chi connectivity index (χ0v) is 5.70. The number of rotatable bonds is 0. The molecule has 0 aromatic heterocycles. The van der Waals surface area contributed by atoms with E-state index >= 15 is 0 Å². The summed E-state index contributed by atoms with van der Waals surface area (Å²) >= 11 is 0. The first-order valence-electron chi connectivity index (χ1n) is 3.46. The van der Waals surface area contributed by atoms with E-state index < -0.39 is 0 Å². The molecule has 3 rings (SSSR count). The molecule has 2 aliphatic heterocycles. The van der Waals surface area contributed by atoms with E-state index in [1.54, 1.807) is 0 Å². The van der Waals surface area contributed by atoms with Crippen molar-refractivity contribution in [3.63, 3.8) is 0 Å². The van der Waals surface area contributed by atoms with E-state index in [1.165, 1.54) is 16.6 Å². The Morgan fingerprint density at radius 2 is 2.27 bits per heavy atom. The number of fused-ring (bicyclic) bond motifs is 4. The molecule has 0 spiro atoms. The molecule has 0 N–H and O–H groups in total. The number of nitriles is 1. The van der Waals surface area contributed by atoms with E-state index in [9.17, 15) is 0 Å². The van der Waals surface area contributed by atoms with Gasteiger partial charge in [0.1, 0.15) is 0 Å². The molecule has 0 unspecified atom stereocenters. The fourth-order valence-corrected chi connectivity index (χ4v) is 1.46. The van der Waals surface area contributed by atoms with Crippen LogP contribution in [-0.4, -0.2) is 4.57 Å². The monoisotopic (exact) mass is 140 g/mol. The molecular formula is C9H4N2. The van der Waals surface area contributed by atoms with Gasteiger partial charge < -0.3 is 4.57 Å². The molecule has 0 radical (unpaired) electrons. The van der Waals surface area contributed by atoms with Crippen molar-refractivity contribution < 1.29 is 0 Å². The summed E-state index contributed by atoms with van der Waals surface area (Å²) in [5.74, 6) is 0. The summed E-state index contributed by atoms with van der Waals surface area (Å²) in [6.07, 6.45) is 2.08. The van der Waals surface area contributed by atoms with Gasteiger partial charge in [0.15, 0.2) is 0 Å². The van der Waals surface area contributed by atoms with Crippen LogP contribution in [0.15, 0.2) is 24.4 Å². The Labute approximate surface area is 63.3 Å². The molecule has 2 nitrogen and oxygen atoms in total. The first-order valence-corrected chi connectivity index (χ1v) is 3.46. The molecule has 2 heterocycles. The minimum atomic E-state index is 0.746. The van der Waals surface area contributed by atoms with Crippen LogP contribution in [0, 0.1) is 11.3 Å². The summed E-state index contributed by atoms with van der Waals surface area (Å²) in [6.45, 7) is 0. The molecule has 0 amide bonds. The standard InChI is InChI=1S/C9H4N2/c10-4-6-1-2-8-7(3-6)9-5-11(8)9/h1-3,5H. The predicted molar refractivity (Wildman–Crippen MR) is 41.5 cm³/mol. The van der Waals surface area contributed by atoms with Gasteiger partial charge in [-0.1, -0.05) is 0 Å². The first-order chi connectivity index (χ1) is 5.40. The third kappa shape index (κ3) is 0.434. The van der Waals surface area contributed by atoms with Gasteiger partial charge in [-0.05, 0) is 18.2 Å². The van der Waals surface area contributed by atoms with Gasteiger partial charge in [-0.2, -0.15) is 5.26 Å². The number of nitrogens with zero attached hydrogens (tertiary/aromatic N) is 2. The van der Waals surface area contributed by atoms with Crippen molar-refractivity contribution in [2.45, 2.75) is 0 Å². The van der Waals surface area contributed by atoms with Crippen LogP contribution in [0.3, 0.4) is 0 Å². The molecule has 1 aromatic carbocycles. The van der Waals surface area contributed by atoms with Gasteiger partial charge in [0.25, 0.3) is 0 Å². The zero-order chi connectivity index (χ0) is 7.42. The summed E-state index contributed by atoms with van der Waals surface area (Å²) in [7, 11) is 0. The Morgan fingerprint density at radius 1 is 1.36 bits per heavy atom. The van der Waals surface area contributed by atoms with Crippen molar-refractivity contribution in [1.29, 1.82) is 5.26 Å². The molecule has 50 valence electrons. The maximum Gasteiger partial charge on any atom is 0.0991 e. The third-order valence-electron chi connectivity index (χ3n) is 2.10. The normalized spacial score (nSPS) is 11.5. The van der Waals surface area contributed by atoms with Crippen LogP contribution in [0.1, 0.15) is 5.56 Å². The summed E-state index contributed by atoms with van der Waals surface area (Å²) in [5, 5.41) is 9.82. The fourth-order valence-electron chi connectivity index (χ4n) is 1.46. The van der Waals surface area contributed by atoms with Gasteiger partial charge in [0.2, 0.25) is 0 Å². The van der Waals surface area contributed by atoms with Crippen molar-refractivity contribution in [3.8, 4) is 11.8 Å². The minimum absolute atomic E-state index is 0.746. The lowest BCUT2D eigenvalue weighted by atomic mass is 10.1. The van der Waals surface area contributed by atoms with E-state index in [-0.39, 0.29) is 0 Å². The molecule has 2 heteroatoms. The summed E-state index contributed by atoms with van der Waals surface area (Å²) in [4.78, 5) is 0. The highest BCUT2D eigenvalue weighted by Crippen LogP contribution is 2.38. The number of hydrogen-bond acceptors (Lipinski definition) is 1. The fraction of sp³-hybridized carbons (Fsp3) is 0. The van der Waals surface area contributed by atoms with E-state index in [0.717, 1.165) is 5.56 Å². The molecule has 0 fully saturated rings. The molecule has 2 aliphatic rings. The largest absolute Gasteiger partial charge is 0.312 e. The lowest BCUT2D eigenvalue weighted by molar-refractivity contribution is 1.30. The number of aromatic nitrogens is 1. The lowest BCUT2D eigenvalue weighted by Gasteiger charge is -2.03. The van der Waals surface area contributed by atoms with E-state index in [4.69, 9.17) is 5.26 Å². The van der Waals surface area contributed by atoms with Crippen molar-refractivity contribution in [2.24, 2.45) is 0 Å². The SMILES string of the molecule is N#Cc1ccc2c(c1)c1cn2-1. The number of hydrogen-bond donors (Lipinski definition) is 0. The molecule has 1 aromatic rings. The molecule has 0 saturated heterocycles. The molecule has 11 heavy (non-hydrogen) atoms. The van der Waals surface area contributed by atoms with Crippen molar-refractivity contribution in [2.75, 3.05) is 0 Å². The van der Waals surface area contributed by atoms with Crippen LogP contribution in [0.5, 0.6) is 0 Å². The molecule has 0 aliphatic carbocycles. The second-order valence-electron chi connectivity index (χ2n) is 2.73. The average molecular weight is 140 g/mol. The maximum atomic E-state index is 8.59. The Hall–Kier alpha value is -1.75. The van der Waals surface area contributed by atoms with Gasteiger partial charge in [-0.3, -0.25) is 0 Å². The summed E-state index contributed by atoms with van der Waals surface area (Å²) in [5.41, 5.74) is 3.26. The second kappa shape index (κ2) is 1.30. The van der Waals surface area contributed by atoms with E-state index in [2.05, 4.69) is 16.8 Å². The highest BCUT2D eigenvalue weighted by molar-refractivity contribution is 6.01. The smallest absolute Gasteiger partial charge is 0.0991 e. The Balaban J connectivity index is 2.45. The van der Waals surface area contributed by atoms with Crippen LogP contribution in [0.2, 0.25) is 0 Å². The molecule has 0 saturated carbocycles. The van der Waals surface area contributed by atoms with Gasteiger partial charge in [-0.25, -0.2) is 0 Å². The van der Waals surface area contributed by atoms with Gasteiger partial charge >= 0.3 is 0 Å². The van der Waals surface area contributed by atoms with Crippen molar-refractivity contribution in [3.05, 3.63) is 30.0 Å². The van der Waals surface area contributed by atoms with Gasteiger partial charge in [-0.15, -0.1) is 0 Å². The maximum absolute atomic E-state index is 8.59. The zero-order valence-electron chi connectivity index (χ0n) is 5.70. The van der Waals surface area contributed by atoms with Gasteiger partial charge in [0, 0.05) is 11.6 Å². The van der Waals surface area contributed by atoms with Crippen LogP contribution in [-0.2, 0) is 0 Å². The molecule has 0 bridgehead atoms. The second-order valence-corrected chi connectivity index (χ2v) is 2.73. The topological polar surface area (TPSA) is 28.7 Å². The molecule has 0 atom stereocenters. The summed E-state index contributed by atoms with van der Waals surface area (Å²) in [6, 6.07) is 7.89. The van der Waals surface area contributed by atoms with E-state index in [1.807, 2.05) is 18.2 Å². The Kier molecular flexibility index (Phi) is 0.589.